The Kier molecular flexibility index (Phi) is 7.13. The molecule has 0 saturated carbocycles. The maximum atomic E-state index is 12.4. The topological polar surface area (TPSA) is 66.4 Å². The van der Waals surface area contributed by atoms with Crippen LogP contribution in [0.5, 0.6) is 0 Å². The summed E-state index contributed by atoms with van der Waals surface area (Å²) in [6.45, 7) is 5.97. The Morgan fingerprint density at radius 1 is 1.24 bits per heavy atom. The standard InChI is InChI=1S/C15H24ClNO3S/c1-4-12(9-11(2)3)15(10-18)17-21(19,20)14-7-5-13(16)6-8-14/h5-8,11-12,15,17-18H,4,9-10H2,1-3H3/t12-,15-/m1/s1. The monoisotopic (exact) mass is 333 g/mol. The van der Waals surface area contributed by atoms with Gasteiger partial charge < -0.3 is 5.11 Å². The predicted octanol–water partition coefficient (Wildman–Crippen LogP) is 3.05. The zero-order valence-corrected chi connectivity index (χ0v) is 14.3. The maximum absolute atomic E-state index is 12.4. The van der Waals surface area contributed by atoms with E-state index in [2.05, 4.69) is 18.6 Å². The molecule has 1 rings (SSSR count). The van der Waals surface area contributed by atoms with E-state index < -0.39 is 16.1 Å². The second-order valence-electron chi connectivity index (χ2n) is 5.66. The number of benzene rings is 1. The van der Waals surface area contributed by atoms with E-state index in [1.807, 2.05) is 6.92 Å². The van der Waals surface area contributed by atoms with Crippen molar-refractivity contribution < 1.29 is 13.5 Å². The molecule has 0 bridgehead atoms. The van der Waals surface area contributed by atoms with Gasteiger partial charge in [-0.2, -0.15) is 0 Å². The van der Waals surface area contributed by atoms with Crippen LogP contribution < -0.4 is 4.72 Å². The van der Waals surface area contributed by atoms with Gasteiger partial charge in [0.2, 0.25) is 10.0 Å². The van der Waals surface area contributed by atoms with E-state index in [9.17, 15) is 13.5 Å². The summed E-state index contributed by atoms with van der Waals surface area (Å²) >= 11 is 5.77. The minimum absolute atomic E-state index is 0.108. The van der Waals surface area contributed by atoms with Crippen molar-refractivity contribution in [3.63, 3.8) is 0 Å². The van der Waals surface area contributed by atoms with E-state index in [4.69, 9.17) is 11.6 Å². The molecule has 1 aromatic rings. The summed E-state index contributed by atoms with van der Waals surface area (Å²) in [6.07, 6.45) is 1.68. The summed E-state index contributed by atoms with van der Waals surface area (Å²) in [5.41, 5.74) is 0. The Morgan fingerprint density at radius 2 is 1.81 bits per heavy atom. The Bertz CT molecular complexity index is 528. The quantitative estimate of drug-likeness (QED) is 0.768. The third-order valence-electron chi connectivity index (χ3n) is 3.49. The van der Waals surface area contributed by atoms with Gasteiger partial charge in [0.05, 0.1) is 11.5 Å². The highest BCUT2D eigenvalue weighted by Gasteiger charge is 2.26. The summed E-state index contributed by atoms with van der Waals surface area (Å²) in [6, 6.07) is 5.52. The second kappa shape index (κ2) is 8.13. The molecular weight excluding hydrogens is 310 g/mol. The van der Waals surface area contributed by atoms with Gasteiger partial charge in [0.15, 0.2) is 0 Å². The summed E-state index contributed by atoms with van der Waals surface area (Å²) in [5.74, 6) is 0.557. The number of hydrogen-bond donors (Lipinski definition) is 2. The van der Waals surface area contributed by atoms with Gasteiger partial charge in [-0.3, -0.25) is 0 Å². The lowest BCUT2D eigenvalue weighted by Crippen LogP contribution is -2.43. The zero-order valence-electron chi connectivity index (χ0n) is 12.7. The highest BCUT2D eigenvalue weighted by Crippen LogP contribution is 2.21. The molecule has 4 nitrogen and oxygen atoms in total. The lowest BCUT2D eigenvalue weighted by atomic mass is 9.89. The molecule has 0 heterocycles. The molecule has 1 aromatic carbocycles. The summed E-state index contributed by atoms with van der Waals surface area (Å²) in [4.78, 5) is 0.157. The Morgan fingerprint density at radius 3 is 2.24 bits per heavy atom. The van der Waals surface area contributed by atoms with Gasteiger partial charge in [0, 0.05) is 11.1 Å². The molecule has 0 fully saturated rings. The van der Waals surface area contributed by atoms with Crippen LogP contribution in [-0.4, -0.2) is 26.2 Å². The van der Waals surface area contributed by atoms with Gasteiger partial charge in [-0.25, -0.2) is 13.1 Å². The molecule has 0 saturated heterocycles. The summed E-state index contributed by atoms with van der Waals surface area (Å²) in [5, 5.41) is 10.0. The van der Waals surface area contributed by atoms with Crippen LogP contribution in [0.15, 0.2) is 29.2 Å². The fourth-order valence-electron chi connectivity index (χ4n) is 2.38. The molecule has 0 amide bonds. The van der Waals surface area contributed by atoms with Gasteiger partial charge in [0.1, 0.15) is 0 Å². The Hall–Kier alpha value is -0.620. The van der Waals surface area contributed by atoms with Crippen molar-refractivity contribution in [1.82, 2.24) is 4.72 Å². The van der Waals surface area contributed by atoms with E-state index in [1.54, 1.807) is 0 Å². The van der Waals surface area contributed by atoms with Crippen molar-refractivity contribution in [3.8, 4) is 0 Å². The van der Waals surface area contributed by atoms with Gasteiger partial charge in [0.25, 0.3) is 0 Å². The van der Waals surface area contributed by atoms with Crippen LogP contribution in [0.4, 0.5) is 0 Å². The number of halogens is 1. The van der Waals surface area contributed by atoms with Crippen LogP contribution in [-0.2, 0) is 10.0 Å². The first-order valence-corrected chi connectivity index (χ1v) is 9.05. The molecule has 0 aliphatic carbocycles. The molecule has 2 atom stereocenters. The first-order valence-electron chi connectivity index (χ1n) is 7.18. The maximum Gasteiger partial charge on any atom is 0.240 e. The summed E-state index contributed by atoms with van der Waals surface area (Å²) < 4.78 is 27.3. The first-order chi connectivity index (χ1) is 9.80. The molecule has 120 valence electrons. The van der Waals surface area contributed by atoms with Crippen molar-refractivity contribution >= 4 is 21.6 Å². The van der Waals surface area contributed by atoms with Gasteiger partial charge >= 0.3 is 0 Å². The molecular formula is C15H24ClNO3S. The van der Waals surface area contributed by atoms with Crippen molar-refractivity contribution in [2.24, 2.45) is 11.8 Å². The van der Waals surface area contributed by atoms with Crippen LogP contribution in [0.2, 0.25) is 5.02 Å². The van der Waals surface area contributed by atoms with Crippen LogP contribution in [0.1, 0.15) is 33.6 Å². The van der Waals surface area contributed by atoms with E-state index in [0.29, 0.717) is 10.9 Å². The van der Waals surface area contributed by atoms with Crippen LogP contribution in [0, 0.1) is 11.8 Å². The predicted molar refractivity (Wildman–Crippen MR) is 85.9 cm³/mol. The fourth-order valence-corrected chi connectivity index (χ4v) is 3.81. The van der Waals surface area contributed by atoms with Crippen molar-refractivity contribution in [2.45, 2.75) is 44.6 Å². The number of aliphatic hydroxyl groups excluding tert-OH is 1. The van der Waals surface area contributed by atoms with Gasteiger partial charge in [-0.1, -0.05) is 38.8 Å². The number of rotatable bonds is 8. The Balaban J connectivity index is 2.90. The molecule has 0 aliphatic heterocycles. The Labute approximate surface area is 132 Å². The third kappa shape index (κ3) is 5.58. The minimum atomic E-state index is -3.65. The summed E-state index contributed by atoms with van der Waals surface area (Å²) in [7, 11) is -3.65. The number of sulfonamides is 1. The lowest BCUT2D eigenvalue weighted by molar-refractivity contribution is 0.197. The van der Waals surface area contributed by atoms with Gasteiger partial charge in [-0.15, -0.1) is 0 Å². The molecule has 0 unspecified atom stereocenters. The first kappa shape index (κ1) is 18.4. The number of aliphatic hydroxyl groups is 1. The lowest BCUT2D eigenvalue weighted by Gasteiger charge is -2.26. The van der Waals surface area contributed by atoms with Crippen LogP contribution in [0.3, 0.4) is 0 Å². The highest BCUT2D eigenvalue weighted by molar-refractivity contribution is 7.89. The molecule has 6 heteroatoms. The number of nitrogens with one attached hydrogen (secondary N) is 1. The molecule has 2 N–H and O–H groups in total. The largest absolute Gasteiger partial charge is 0.395 e. The van der Waals surface area contributed by atoms with Crippen molar-refractivity contribution in [2.75, 3.05) is 6.61 Å². The van der Waals surface area contributed by atoms with Gasteiger partial charge in [-0.05, 0) is 42.5 Å². The van der Waals surface area contributed by atoms with E-state index >= 15 is 0 Å². The molecule has 21 heavy (non-hydrogen) atoms. The van der Waals surface area contributed by atoms with Crippen LogP contribution in [0.25, 0.3) is 0 Å². The average Bonchev–Trinajstić information content (AvgIpc) is 2.42. The minimum Gasteiger partial charge on any atom is -0.395 e. The SMILES string of the molecule is CC[C@H](CC(C)C)[C@@H](CO)NS(=O)(=O)c1ccc(Cl)cc1. The van der Waals surface area contributed by atoms with Crippen LogP contribution >= 0.6 is 11.6 Å². The number of hydrogen-bond acceptors (Lipinski definition) is 3. The highest BCUT2D eigenvalue weighted by atomic mass is 35.5. The molecule has 0 aromatic heterocycles. The van der Waals surface area contributed by atoms with E-state index in [-0.39, 0.29) is 17.4 Å². The van der Waals surface area contributed by atoms with E-state index in [0.717, 1.165) is 12.8 Å². The fraction of sp³-hybridized carbons (Fsp3) is 0.600. The van der Waals surface area contributed by atoms with E-state index in [1.165, 1.54) is 24.3 Å². The average molecular weight is 334 g/mol. The normalized spacial score (nSPS) is 15.1. The second-order valence-corrected chi connectivity index (χ2v) is 7.81. The molecule has 0 aliphatic rings. The smallest absolute Gasteiger partial charge is 0.240 e. The molecule has 0 radical (unpaired) electrons. The van der Waals surface area contributed by atoms with Crippen molar-refractivity contribution in [3.05, 3.63) is 29.3 Å². The zero-order chi connectivity index (χ0) is 16.0. The van der Waals surface area contributed by atoms with Crippen molar-refractivity contribution in [1.29, 1.82) is 0 Å². The third-order valence-corrected chi connectivity index (χ3v) is 5.25. The molecule has 0 spiro atoms.